The Kier molecular flexibility index (Phi) is 7.16. The van der Waals surface area contributed by atoms with Gasteiger partial charge >= 0.3 is 0 Å². The minimum atomic E-state index is 0.575. The van der Waals surface area contributed by atoms with Gasteiger partial charge in [0.15, 0.2) is 0 Å². The van der Waals surface area contributed by atoms with Crippen LogP contribution in [0.25, 0.3) is 10.8 Å². The van der Waals surface area contributed by atoms with Gasteiger partial charge in [0.25, 0.3) is 0 Å². The summed E-state index contributed by atoms with van der Waals surface area (Å²) in [6, 6.07) is 12.1. The molecule has 4 heteroatoms. The van der Waals surface area contributed by atoms with Crippen LogP contribution in [-0.4, -0.2) is 13.2 Å². The van der Waals surface area contributed by atoms with E-state index < -0.39 is 0 Å². The molecule has 0 atom stereocenters. The van der Waals surface area contributed by atoms with Crippen LogP contribution in [0.4, 0.5) is 0 Å². The average molecular weight is 422 g/mol. The zero-order valence-corrected chi connectivity index (χ0v) is 15.0. The molecule has 2 nitrogen and oxygen atoms in total. The first-order chi connectivity index (χ1) is 10.8. The van der Waals surface area contributed by atoms with E-state index in [4.69, 9.17) is 9.47 Å². The van der Waals surface area contributed by atoms with Gasteiger partial charge in [-0.2, -0.15) is 0 Å². The van der Waals surface area contributed by atoms with Gasteiger partial charge in [0.05, 0.1) is 13.2 Å². The van der Waals surface area contributed by atoms with Crippen molar-refractivity contribution in [1.82, 2.24) is 0 Å². The van der Waals surface area contributed by atoms with Crippen LogP contribution in [0.5, 0.6) is 11.5 Å². The Hall–Kier alpha value is -1.62. The third-order valence-corrected chi connectivity index (χ3v) is 3.47. The summed E-state index contributed by atoms with van der Waals surface area (Å²) < 4.78 is 11.4. The van der Waals surface area contributed by atoms with Crippen molar-refractivity contribution in [2.24, 2.45) is 0 Å². The maximum atomic E-state index is 5.68. The summed E-state index contributed by atoms with van der Waals surface area (Å²) in [6.07, 6.45) is 1.39. The van der Waals surface area contributed by atoms with E-state index in [1.165, 1.54) is 0 Å². The van der Waals surface area contributed by atoms with Crippen LogP contribution in [0, 0.1) is 21.5 Å². The molecule has 0 heterocycles. The molecular formula is C18H14Br2O2. The van der Waals surface area contributed by atoms with Crippen LogP contribution in [-0.2, 0) is 0 Å². The van der Waals surface area contributed by atoms with Gasteiger partial charge in [-0.05, 0) is 44.7 Å². The average Bonchev–Trinajstić information content (AvgIpc) is 2.55. The Balaban J connectivity index is 2.04. The van der Waals surface area contributed by atoms with Gasteiger partial charge in [-0.15, -0.1) is 0 Å². The molecule has 22 heavy (non-hydrogen) atoms. The smallest absolute Gasteiger partial charge is 0.119 e. The summed E-state index contributed by atoms with van der Waals surface area (Å²) in [5.41, 5.74) is 0. The van der Waals surface area contributed by atoms with Crippen molar-refractivity contribution in [2.75, 3.05) is 13.2 Å². The molecule has 0 unspecified atom stereocenters. The molecule has 2 rings (SSSR count). The molecular weight excluding hydrogens is 408 g/mol. The van der Waals surface area contributed by atoms with Crippen LogP contribution >= 0.6 is 31.9 Å². The molecule has 0 aliphatic carbocycles. The predicted octanol–water partition coefficient (Wildman–Crippen LogP) is 5.09. The maximum absolute atomic E-state index is 5.68. The highest BCUT2D eigenvalue weighted by molar-refractivity contribution is 9.12. The summed E-state index contributed by atoms with van der Waals surface area (Å²) >= 11 is 6.13. The van der Waals surface area contributed by atoms with Gasteiger partial charge in [0, 0.05) is 44.7 Å². The van der Waals surface area contributed by atoms with Crippen molar-refractivity contribution in [3.8, 4) is 33.0 Å². The number of ether oxygens (including phenoxy) is 2. The lowest BCUT2D eigenvalue weighted by Crippen LogP contribution is -1.96. The number of hydrogen-bond acceptors (Lipinski definition) is 2. The third kappa shape index (κ3) is 5.30. The molecule has 0 radical (unpaired) electrons. The fourth-order valence-electron chi connectivity index (χ4n) is 1.92. The van der Waals surface area contributed by atoms with E-state index in [9.17, 15) is 0 Å². The van der Waals surface area contributed by atoms with Crippen molar-refractivity contribution >= 4 is 42.6 Å². The highest BCUT2D eigenvalue weighted by atomic mass is 79.9. The molecule has 0 aliphatic heterocycles. The van der Waals surface area contributed by atoms with Gasteiger partial charge in [-0.1, -0.05) is 24.0 Å². The van der Waals surface area contributed by atoms with Gasteiger partial charge in [-0.3, -0.25) is 0 Å². The van der Waals surface area contributed by atoms with Crippen molar-refractivity contribution in [2.45, 2.75) is 12.8 Å². The van der Waals surface area contributed by atoms with E-state index >= 15 is 0 Å². The molecule has 2 aromatic carbocycles. The van der Waals surface area contributed by atoms with E-state index in [-0.39, 0.29) is 0 Å². The third-order valence-electron chi connectivity index (χ3n) is 2.91. The molecule has 0 amide bonds. The van der Waals surface area contributed by atoms with Crippen LogP contribution in [0.3, 0.4) is 0 Å². The minimum Gasteiger partial charge on any atom is -0.493 e. The van der Waals surface area contributed by atoms with Crippen LogP contribution < -0.4 is 9.47 Å². The topological polar surface area (TPSA) is 18.5 Å². The number of benzene rings is 2. The van der Waals surface area contributed by atoms with Crippen LogP contribution in [0.1, 0.15) is 12.8 Å². The Bertz CT molecular complexity index is 687. The van der Waals surface area contributed by atoms with E-state index in [1.807, 2.05) is 36.4 Å². The summed E-state index contributed by atoms with van der Waals surface area (Å²) in [5, 5.41) is 2.24. The van der Waals surface area contributed by atoms with Crippen molar-refractivity contribution in [1.29, 1.82) is 0 Å². The zero-order chi connectivity index (χ0) is 15.6. The molecule has 0 saturated heterocycles. The second-order valence-electron chi connectivity index (χ2n) is 4.41. The Labute approximate surface area is 147 Å². The summed E-state index contributed by atoms with van der Waals surface area (Å²) in [7, 11) is 0. The first-order valence-electron chi connectivity index (χ1n) is 6.80. The minimum absolute atomic E-state index is 0.575. The fourth-order valence-corrected chi connectivity index (χ4v) is 2.31. The Morgan fingerprint density at radius 2 is 1.23 bits per heavy atom. The van der Waals surface area contributed by atoms with E-state index in [1.54, 1.807) is 0 Å². The second-order valence-corrected chi connectivity index (χ2v) is 5.20. The SMILES string of the molecule is BrC#CCCOc1ccc2ccc(OCCC#CBr)cc2c1. The lowest BCUT2D eigenvalue weighted by atomic mass is 10.1. The number of rotatable bonds is 6. The maximum Gasteiger partial charge on any atom is 0.119 e. The monoisotopic (exact) mass is 420 g/mol. The largest absolute Gasteiger partial charge is 0.493 e. The molecule has 0 fully saturated rings. The van der Waals surface area contributed by atoms with Gasteiger partial charge < -0.3 is 9.47 Å². The quantitative estimate of drug-likeness (QED) is 0.477. The van der Waals surface area contributed by atoms with Gasteiger partial charge in [-0.25, -0.2) is 0 Å². The fraction of sp³-hybridized carbons (Fsp3) is 0.222. The molecule has 0 saturated carbocycles. The highest BCUT2D eigenvalue weighted by Crippen LogP contribution is 2.25. The van der Waals surface area contributed by atoms with Gasteiger partial charge in [0.2, 0.25) is 0 Å². The first-order valence-corrected chi connectivity index (χ1v) is 8.38. The van der Waals surface area contributed by atoms with Crippen molar-refractivity contribution < 1.29 is 9.47 Å². The summed E-state index contributed by atoms with van der Waals surface area (Å²) in [4.78, 5) is 5.35. The van der Waals surface area contributed by atoms with E-state index in [0.29, 0.717) is 26.1 Å². The molecule has 0 bridgehead atoms. The first kappa shape index (κ1) is 16.7. The van der Waals surface area contributed by atoms with Gasteiger partial charge in [0.1, 0.15) is 11.5 Å². The Morgan fingerprint density at radius 1 is 0.727 bits per heavy atom. The standard InChI is InChI=1S/C18H14Br2O2/c19-9-1-3-11-21-17-7-5-15-6-8-18(14-16(15)13-17)22-12-4-2-10-20/h5-8,13-14H,3-4,11-12H2. The normalized spacial score (nSPS) is 9.36. The highest BCUT2D eigenvalue weighted by Gasteiger charge is 2.00. The number of halogens is 2. The molecule has 112 valence electrons. The van der Waals surface area contributed by atoms with Crippen molar-refractivity contribution in [3.63, 3.8) is 0 Å². The number of fused-ring (bicyclic) bond motifs is 1. The van der Waals surface area contributed by atoms with E-state index in [2.05, 4.69) is 53.4 Å². The van der Waals surface area contributed by atoms with Crippen LogP contribution in [0.15, 0.2) is 36.4 Å². The molecule has 0 aromatic heterocycles. The molecule has 0 spiro atoms. The van der Waals surface area contributed by atoms with E-state index in [0.717, 1.165) is 22.3 Å². The Morgan fingerprint density at radius 3 is 1.68 bits per heavy atom. The van der Waals surface area contributed by atoms with Crippen LogP contribution in [0.2, 0.25) is 0 Å². The lowest BCUT2D eigenvalue weighted by molar-refractivity contribution is 0.326. The summed E-state index contributed by atoms with van der Waals surface area (Å²) in [5.74, 6) is 7.49. The second kappa shape index (κ2) is 9.41. The number of hydrogen-bond donors (Lipinski definition) is 0. The molecule has 0 N–H and O–H groups in total. The summed E-state index contributed by atoms with van der Waals surface area (Å²) in [6.45, 7) is 1.15. The predicted molar refractivity (Wildman–Crippen MR) is 97.6 cm³/mol. The zero-order valence-electron chi connectivity index (χ0n) is 11.9. The molecule has 2 aromatic rings. The van der Waals surface area contributed by atoms with Crippen molar-refractivity contribution in [3.05, 3.63) is 36.4 Å². The molecule has 0 aliphatic rings. The lowest BCUT2D eigenvalue weighted by Gasteiger charge is -2.08.